The molecule has 1 aliphatic rings. The molecule has 1 aliphatic heterocycles. The maximum Gasteiger partial charge on any atom is 0.330 e. The van der Waals surface area contributed by atoms with Crippen molar-refractivity contribution in [3.8, 4) is 0 Å². The summed E-state index contributed by atoms with van der Waals surface area (Å²) in [5.74, 6) is -0.431. The van der Waals surface area contributed by atoms with Crippen LogP contribution >= 0.6 is 0 Å². The van der Waals surface area contributed by atoms with E-state index >= 15 is 0 Å². The van der Waals surface area contributed by atoms with Crippen molar-refractivity contribution in [1.82, 2.24) is 10.2 Å². The average molecular weight is 290 g/mol. The molecule has 5 heteroatoms. The summed E-state index contributed by atoms with van der Waals surface area (Å²) in [6.45, 7) is 5.76. The molecule has 1 amide bonds. The number of nitrogens with one attached hydrogen (secondary N) is 1. The molecule has 1 aromatic rings. The number of esters is 1. The molecule has 1 fully saturated rings. The highest BCUT2D eigenvalue weighted by atomic mass is 16.5. The molecule has 0 spiro atoms. The lowest BCUT2D eigenvalue weighted by molar-refractivity contribution is -0.149. The Morgan fingerprint density at radius 1 is 1.33 bits per heavy atom. The minimum Gasteiger partial charge on any atom is -0.464 e. The number of rotatable bonds is 4. The van der Waals surface area contributed by atoms with E-state index in [-0.39, 0.29) is 11.9 Å². The lowest BCUT2D eigenvalue weighted by atomic mass is 10.0. The lowest BCUT2D eigenvalue weighted by Crippen LogP contribution is -2.57. The van der Waals surface area contributed by atoms with Crippen molar-refractivity contribution >= 4 is 11.9 Å². The molecular weight excluding hydrogens is 268 g/mol. The fourth-order valence-electron chi connectivity index (χ4n) is 2.59. The molecule has 0 bridgehead atoms. The van der Waals surface area contributed by atoms with Crippen LogP contribution in [0.15, 0.2) is 24.3 Å². The molecular formula is C16H22N2O3. The van der Waals surface area contributed by atoms with Gasteiger partial charge in [0.1, 0.15) is 6.04 Å². The van der Waals surface area contributed by atoms with Gasteiger partial charge in [0, 0.05) is 25.2 Å². The Morgan fingerprint density at radius 3 is 2.81 bits per heavy atom. The number of ether oxygens (including phenoxy) is 1. The first-order valence-electron chi connectivity index (χ1n) is 7.45. The van der Waals surface area contributed by atoms with Gasteiger partial charge in [-0.1, -0.05) is 25.1 Å². The molecule has 0 aliphatic carbocycles. The number of aryl methyl sites for hydroxylation is 1. The van der Waals surface area contributed by atoms with Crippen molar-refractivity contribution in [3.05, 3.63) is 35.4 Å². The van der Waals surface area contributed by atoms with Crippen LogP contribution in [-0.2, 0) is 16.0 Å². The average Bonchev–Trinajstić information content (AvgIpc) is 2.54. The summed E-state index contributed by atoms with van der Waals surface area (Å²) in [5, 5.41) is 3.14. The number of benzene rings is 1. The number of carbonyl (C=O) groups excluding carboxylic acids is 2. The first-order valence-corrected chi connectivity index (χ1v) is 7.45. The summed E-state index contributed by atoms with van der Waals surface area (Å²) in [6, 6.07) is 7.01. The zero-order chi connectivity index (χ0) is 15.2. The zero-order valence-electron chi connectivity index (χ0n) is 12.6. The van der Waals surface area contributed by atoms with Gasteiger partial charge in [-0.05, 0) is 25.0 Å². The van der Waals surface area contributed by atoms with Crippen molar-refractivity contribution < 1.29 is 14.3 Å². The Bertz CT molecular complexity index is 516. The summed E-state index contributed by atoms with van der Waals surface area (Å²) in [4.78, 5) is 26.5. The first kappa shape index (κ1) is 15.5. The van der Waals surface area contributed by atoms with Crippen LogP contribution in [0.2, 0.25) is 0 Å². The van der Waals surface area contributed by atoms with E-state index < -0.39 is 6.04 Å². The second-order valence-electron chi connectivity index (χ2n) is 4.98. The van der Waals surface area contributed by atoms with Crippen LogP contribution in [0.25, 0.3) is 0 Å². The highest BCUT2D eigenvalue weighted by molar-refractivity contribution is 5.98. The van der Waals surface area contributed by atoms with E-state index in [9.17, 15) is 9.59 Å². The van der Waals surface area contributed by atoms with Gasteiger partial charge in [-0.15, -0.1) is 0 Å². The van der Waals surface area contributed by atoms with Gasteiger partial charge < -0.3 is 15.0 Å². The minimum absolute atomic E-state index is 0.0907. The third-order valence-corrected chi connectivity index (χ3v) is 3.69. The molecule has 1 saturated heterocycles. The standard InChI is InChI=1S/C16H22N2O3/c1-3-12-7-5-6-8-13(12)15(19)18-10-9-17-11-14(18)16(20)21-4-2/h5-8,14,17H,3-4,9-11H2,1-2H3. The predicted molar refractivity (Wildman–Crippen MR) is 80.1 cm³/mol. The fourth-order valence-corrected chi connectivity index (χ4v) is 2.59. The summed E-state index contributed by atoms with van der Waals surface area (Å²) in [5.41, 5.74) is 1.68. The Balaban J connectivity index is 2.24. The van der Waals surface area contributed by atoms with E-state index in [0.29, 0.717) is 31.8 Å². The summed E-state index contributed by atoms with van der Waals surface area (Å²) in [7, 11) is 0. The maximum atomic E-state index is 12.8. The predicted octanol–water partition coefficient (Wildman–Crippen LogP) is 1.23. The third-order valence-electron chi connectivity index (χ3n) is 3.69. The Morgan fingerprint density at radius 2 is 2.10 bits per heavy atom. The Hall–Kier alpha value is -1.88. The first-order chi connectivity index (χ1) is 10.2. The lowest BCUT2D eigenvalue weighted by Gasteiger charge is -2.34. The van der Waals surface area contributed by atoms with E-state index in [2.05, 4.69) is 5.32 Å². The van der Waals surface area contributed by atoms with Crippen LogP contribution in [0.1, 0.15) is 29.8 Å². The second-order valence-corrected chi connectivity index (χ2v) is 4.98. The molecule has 1 unspecified atom stereocenters. The molecule has 0 aromatic heterocycles. The molecule has 1 aromatic carbocycles. The van der Waals surface area contributed by atoms with Crippen LogP contribution in [0, 0.1) is 0 Å². The van der Waals surface area contributed by atoms with Gasteiger partial charge in [0.15, 0.2) is 0 Å². The zero-order valence-corrected chi connectivity index (χ0v) is 12.6. The molecule has 0 radical (unpaired) electrons. The van der Waals surface area contributed by atoms with Crippen molar-refractivity contribution in [2.45, 2.75) is 26.3 Å². The molecule has 0 saturated carbocycles. The highest BCUT2D eigenvalue weighted by Crippen LogP contribution is 2.16. The van der Waals surface area contributed by atoms with Crippen molar-refractivity contribution in [1.29, 1.82) is 0 Å². The van der Waals surface area contributed by atoms with Gasteiger partial charge in [-0.25, -0.2) is 4.79 Å². The van der Waals surface area contributed by atoms with Crippen LogP contribution in [0.5, 0.6) is 0 Å². The van der Waals surface area contributed by atoms with Crippen LogP contribution in [-0.4, -0.2) is 49.1 Å². The topological polar surface area (TPSA) is 58.6 Å². The van der Waals surface area contributed by atoms with Crippen molar-refractivity contribution in [3.63, 3.8) is 0 Å². The third kappa shape index (κ3) is 3.42. The number of piperazine rings is 1. The second kappa shape index (κ2) is 7.22. The van der Waals surface area contributed by atoms with Gasteiger partial charge in [0.05, 0.1) is 6.61 Å². The normalized spacial score (nSPS) is 18.4. The van der Waals surface area contributed by atoms with Crippen molar-refractivity contribution in [2.24, 2.45) is 0 Å². The number of nitrogens with zero attached hydrogens (tertiary/aromatic N) is 1. The smallest absolute Gasteiger partial charge is 0.330 e. The Labute approximate surface area is 125 Å². The van der Waals surface area contributed by atoms with E-state index in [1.54, 1.807) is 11.8 Å². The molecule has 114 valence electrons. The molecule has 1 heterocycles. The van der Waals surface area contributed by atoms with Crippen LogP contribution in [0.4, 0.5) is 0 Å². The van der Waals surface area contributed by atoms with Crippen LogP contribution < -0.4 is 5.32 Å². The minimum atomic E-state index is -0.545. The number of hydrogen-bond acceptors (Lipinski definition) is 4. The molecule has 1 atom stereocenters. The fraction of sp³-hybridized carbons (Fsp3) is 0.500. The summed E-state index contributed by atoms with van der Waals surface area (Å²) < 4.78 is 5.08. The molecule has 21 heavy (non-hydrogen) atoms. The number of hydrogen-bond donors (Lipinski definition) is 1. The maximum absolute atomic E-state index is 12.8. The molecule has 2 rings (SSSR count). The summed E-state index contributed by atoms with van der Waals surface area (Å²) >= 11 is 0. The number of amides is 1. The quantitative estimate of drug-likeness (QED) is 0.847. The van der Waals surface area contributed by atoms with Gasteiger partial charge in [0.2, 0.25) is 0 Å². The van der Waals surface area contributed by atoms with Crippen molar-refractivity contribution in [2.75, 3.05) is 26.2 Å². The Kier molecular flexibility index (Phi) is 5.33. The van der Waals surface area contributed by atoms with E-state index in [1.807, 2.05) is 31.2 Å². The van der Waals surface area contributed by atoms with Gasteiger partial charge in [-0.3, -0.25) is 4.79 Å². The molecule has 5 nitrogen and oxygen atoms in total. The van der Waals surface area contributed by atoms with Gasteiger partial charge in [0.25, 0.3) is 5.91 Å². The monoisotopic (exact) mass is 290 g/mol. The van der Waals surface area contributed by atoms with Gasteiger partial charge >= 0.3 is 5.97 Å². The van der Waals surface area contributed by atoms with Gasteiger partial charge in [-0.2, -0.15) is 0 Å². The SMILES string of the molecule is CCOC(=O)C1CNCCN1C(=O)c1ccccc1CC. The van der Waals surface area contributed by atoms with Crippen LogP contribution in [0.3, 0.4) is 0 Å². The van der Waals surface area contributed by atoms with E-state index in [0.717, 1.165) is 12.0 Å². The van der Waals surface area contributed by atoms with E-state index in [4.69, 9.17) is 4.74 Å². The largest absolute Gasteiger partial charge is 0.464 e. The number of carbonyl (C=O) groups is 2. The highest BCUT2D eigenvalue weighted by Gasteiger charge is 2.34. The molecule has 1 N–H and O–H groups in total. The summed E-state index contributed by atoms with van der Waals surface area (Å²) in [6.07, 6.45) is 0.790. The van der Waals surface area contributed by atoms with E-state index in [1.165, 1.54) is 0 Å².